The quantitative estimate of drug-likeness (QED) is 0.520. The molecule has 0 heterocycles. The third-order valence-electron chi connectivity index (χ3n) is 4.41. The summed E-state index contributed by atoms with van der Waals surface area (Å²) in [6.07, 6.45) is 0. The van der Waals surface area contributed by atoms with E-state index in [4.69, 9.17) is 9.47 Å². The summed E-state index contributed by atoms with van der Waals surface area (Å²) in [7, 11) is 0. The molecule has 2 aromatic carbocycles. The van der Waals surface area contributed by atoms with Crippen LogP contribution in [0.1, 0.15) is 36.5 Å². The third kappa shape index (κ3) is 8.05. The molecule has 2 amide bonds. The number of carbonyl (C=O) groups excluding carboxylic acids is 3. The lowest BCUT2D eigenvalue weighted by molar-refractivity contribution is -0.150. The van der Waals surface area contributed by atoms with Crippen LogP contribution in [0.5, 0.6) is 5.75 Å². The van der Waals surface area contributed by atoms with Crippen molar-refractivity contribution in [3.05, 3.63) is 57.6 Å². The van der Waals surface area contributed by atoms with Crippen LogP contribution in [-0.4, -0.2) is 37.5 Å². The number of hydrogen-bond donors (Lipinski definition) is 2. The molecule has 0 radical (unpaired) electrons. The van der Waals surface area contributed by atoms with E-state index in [0.717, 1.165) is 21.2 Å². The van der Waals surface area contributed by atoms with Gasteiger partial charge in [0.15, 0.2) is 13.2 Å². The van der Waals surface area contributed by atoms with Crippen LogP contribution >= 0.6 is 15.9 Å². The van der Waals surface area contributed by atoms with Crippen LogP contribution in [0.2, 0.25) is 0 Å². The lowest BCUT2D eigenvalue weighted by Gasteiger charge is -2.14. The Morgan fingerprint density at radius 3 is 2.42 bits per heavy atom. The highest BCUT2D eigenvalue weighted by molar-refractivity contribution is 9.10. The zero-order valence-corrected chi connectivity index (χ0v) is 19.7. The molecular formula is C23H27BrN2O5. The maximum atomic E-state index is 12.0. The minimum Gasteiger partial charge on any atom is -0.482 e. The average Bonchev–Trinajstić information content (AvgIpc) is 2.71. The van der Waals surface area contributed by atoms with Gasteiger partial charge < -0.3 is 20.1 Å². The molecule has 0 bridgehead atoms. The highest BCUT2D eigenvalue weighted by Gasteiger charge is 2.13. The molecule has 0 aliphatic rings. The number of benzene rings is 2. The van der Waals surface area contributed by atoms with Gasteiger partial charge in [-0.05, 0) is 60.7 Å². The van der Waals surface area contributed by atoms with Crippen molar-refractivity contribution in [2.75, 3.05) is 25.1 Å². The van der Waals surface area contributed by atoms with Crippen molar-refractivity contribution in [2.24, 2.45) is 0 Å². The number of rotatable bonds is 9. The molecule has 7 nitrogen and oxygen atoms in total. The fourth-order valence-electron chi connectivity index (χ4n) is 2.76. The summed E-state index contributed by atoms with van der Waals surface area (Å²) in [4.78, 5) is 35.8. The summed E-state index contributed by atoms with van der Waals surface area (Å²) in [5.74, 6) is -0.758. The molecule has 0 saturated heterocycles. The fraction of sp³-hybridized carbons (Fsp3) is 0.348. The first-order valence-electron chi connectivity index (χ1n) is 9.87. The molecular weight excluding hydrogens is 464 g/mol. The van der Waals surface area contributed by atoms with Gasteiger partial charge in [-0.15, -0.1) is 0 Å². The zero-order chi connectivity index (χ0) is 23.0. The first-order chi connectivity index (χ1) is 14.7. The van der Waals surface area contributed by atoms with Crippen molar-refractivity contribution in [3.63, 3.8) is 0 Å². The zero-order valence-electron chi connectivity index (χ0n) is 18.1. The predicted molar refractivity (Wildman–Crippen MR) is 122 cm³/mol. The van der Waals surface area contributed by atoms with Gasteiger partial charge in [0.1, 0.15) is 5.75 Å². The van der Waals surface area contributed by atoms with E-state index in [0.29, 0.717) is 11.4 Å². The van der Waals surface area contributed by atoms with Gasteiger partial charge in [-0.2, -0.15) is 0 Å². The Bertz CT molecular complexity index is 959. The first kappa shape index (κ1) is 24.4. The van der Waals surface area contributed by atoms with Gasteiger partial charge in [-0.25, -0.2) is 4.79 Å². The van der Waals surface area contributed by atoms with E-state index in [9.17, 15) is 14.4 Å². The summed E-state index contributed by atoms with van der Waals surface area (Å²) in [6.45, 7) is 6.85. The molecule has 0 unspecified atom stereocenters. The maximum absolute atomic E-state index is 12.0. The minimum atomic E-state index is -0.665. The lowest BCUT2D eigenvalue weighted by Crippen LogP contribution is -2.36. The summed E-state index contributed by atoms with van der Waals surface area (Å²) < 4.78 is 11.4. The lowest BCUT2D eigenvalue weighted by atomic mass is 10.0. The predicted octanol–water partition coefficient (Wildman–Crippen LogP) is 3.87. The molecule has 0 aromatic heterocycles. The van der Waals surface area contributed by atoms with Crippen molar-refractivity contribution in [2.45, 2.75) is 33.6 Å². The number of hydrogen-bond acceptors (Lipinski definition) is 5. The number of carbonyl (C=O) groups is 3. The highest BCUT2D eigenvalue weighted by atomic mass is 79.9. The Morgan fingerprint density at radius 2 is 1.74 bits per heavy atom. The van der Waals surface area contributed by atoms with Crippen molar-refractivity contribution < 1.29 is 23.9 Å². The normalized spacial score (nSPS) is 10.5. The maximum Gasteiger partial charge on any atom is 0.344 e. The smallest absolute Gasteiger partial charge is 0.344 e. The molecule has 0 saturated carbocycles. The molecule has 2 rings (SSSR count). The van der Waals surface area contributed by atoms with Gasteiger partial charge in [-0.1, -0.05) is 41.9 Å². The standard InChI is InChI=1S/C23H27BrN2O5/c1-14(2)18-7-5-15(3)9-20(18)30-13-23(29)31-12-22(28)25-11-21(27)26-19-8-6-17(24)10-16(19)4/h5-10,14H,11-13H2,1-4H3,(H,25,28)(H,26,27). The second-order valence-electron chi connectivity index (χ2n) is 7.43. The van der Waals surface area contributed by atoms with Crippen LogP contribution < -0.4 is 15.4 Å². The summed E-state index contributed by atoms with van der Waals surface area (Å²) in [6, 6.07) is 11.3. The van der Waals surface area contributed by atoms with Crippen molar-refractivity contribution in [1.29, 1.82) is 0 Å². The molecule has 31 heavy (non-hydrogen) atoms. The van der Waals surface area contributed by atoms with Crippen LogP contribution in [0.25, 0.3) is 0 Å². The van der Waals surface area contributed by atoms with E-state index >= 15 is 0 Å². The first-order valence-corrected chi connectivity index (χ1v) is 10.7. The SMILES string of the molecule is Cc1ccc(C(C)C)c(OCC(=O)OCC(=O)NCC(=O)Nc2ccc(Br)cc2C)c1. The van der Waals surface area contributed by atoms with Gasteiger partial charge in [0.25, 0.3) is 5.91 Å². The van der Waals surface area contributed by atoms with Gasteiger partial charge in [-0.3, -0.25) is 9.59 Å². The van der Waals surface area contributed by atoms with E-state index in [2.05, 4.69) is 26.6 Å². The Balaban J connectivity index is 1.73. The number of aryl methyl sites for hydroxylation is 2. The molecule has 8 heteroatoms. The Morgan fingerprint density at radius 1 is 1.00 bits per heavy atom. The topological polar surface area (TPSA) is 93.7 Å². The number of halogens is 1. The number of nitrogens with one attached hydrogen (secondary N) is 2. The number of amides is 2. The van der Waals surface area contributed by atoms with E-state index in [1.165, 1.54) is 0 Å². The molecule has 0 aliphatic heterocycles. The van der Waals surface area contributed by atoms with Crippen molar-refractivity contribution >= 4 is 39.4 Å². The van der Waals surface area contributed by atoms with E-state index in [1.54, 1.807) is 6.07 Å². The van der Waals surface area contributed by atoms with Crippen LogP contribution in [0.3, 0.4) is 0 Å². The highest BCUT2D eigenvalue weighted by Crippen LogP contribution is 2.27. The molecule has 2 aromatic rings. The second kappa shape index (κ2) is 11.5. The van der Waals surface area contributed by atoms with Crippen LogP contribution in [0.15, 0.2) is 40.9 Å². The van der Waals surface area contributed by atoms with Gasteiger partial charge >= 0.3 is 5.97 Å². The van der Waals surface area contributed by atoms with E-state index in [-0.39, 0.29) is 25.0 Å². The summed E-state index contributed by atoms with van der Waals surface area (Å²) in [5.41, 5.74) is 3.55. The van der Waals surface area contributed by atoms with Crippen LogP contribution in [0, 0.1) is 13.8 Å². The van der Waals surface area contributed by atoms with Crippen molar-refractivity contribution in [3.8, 4) is 5.75 Å². The number of esters is 1. The average molecular weight is 491 g/mol. The largest absolute Gasteiger partial charge is 0.482 e. The van der Waals surface area contributed by atoms with Gasteiger partial charge in [0.05, 0.1) is 6.54 Å². The second-order valence-corrected chi connectivity index (χ2v) is 8.35. The molecule has 0 aliphatic carbocycles. The number of ether oxygens (including phenoxy) is 2. The van der Waals surface area contributed by atoms with Gasteiger partial charge in [0, 0.05) is 10.2 Å². The molecule has 166 valence electrons. The molecule has 0 fully saturated rings. The molecule has 0 atom stereocenters. The summed E-state index contributed by atoms with van der Waals surface area (Å²) >= 11 is 3.36. The van der Waals surface area contributed by atoms with Crippen LogP contribution in [0.4, 0.5) is 5.69 Å². The Labute approximate surface area is 190 Å². The Hall–Kier alpha value is -2.87. The molecule has 2 N–H and O–H groups in total. The third-order valence-corrected chi connectivity index (χ3v) is 4.90. The Kier molecular flexibility index (Phi) is 9.05. The summed E-state index contributed by atoms with van der Waals surface area (Å²) in [5, 5.41) is 5.13. The van der Waals surface area contributed by atoms with Crippen molar-refractivity contribution in [1.82, 2.24) is 5.32 Å². The van der Waals surface area contributed by atoms with E-state index in [1.807, 2.05) is 58.0 Å². The molecule has 0 spiro atoms. The number of anilines is 1. The monoisotopic (exact) mass is 490 g/mol. The van der Waals surface area contributed by atoms with E-state index < -0.39 is 18.5 Å². The van der Waals surface area contributed by atoms with Crippen LogP contribution in [-0.2, 0) is 19.1 Å². The minimum absolute atomic E-state index is 0.233. The fourth-order valence-corrected chi connectivity index (χ4v) is 3.24. The van der Waals surface area contributed by atoms with Gasteiger partial charge in [0.2, 0.25) is 5.91 Å².